The first-order valence-corrected chi connectivity index (χ1v) is 7.75. The summed E-state index contributed by atoms with van der Waals surface area (Å²) in [7, 11) is 0. The average Bonchev–Trinajstić information content (AvgIpc) is 3.17. The smallest absolute Gasteiger partial charge is 0.371 e. The molecule has 2 unspecified atom stereocenters. The van der Waals surface area contributed by atoms with Crippen LogP contribution in [0.2, 0.25) is 0 Å². The van der Waals surface area contributed by atoms with Crippen LogP contribution >= 0.6 is 0 Å². The molecule has 0 spiro atoms. The maximum absolute atomic E-state index is 10.9. The number of nitrogens with zero attached hydrogens (tertiary/aromatic N) is 1. The van der Waals surface area contributed by atoms with Gasteiger partial charge in [0, 0.05) is 6.04 Å². The van der Waals surface area contributed by atoms with E-state index >= 15 is 0 Å². The third kappa shape index (κ3) is 2.49. The van der Waals surface area contributed by atoms with Crippen LogP contribution in [0, 0.1) is 5.92 Å². The molecule has 20 heavy (non-hydrogen) atoms. The molecule has 1 saturated carbocycles. The van der Waals surface area contributed by atoms with Crippen molar-refractivity contribution in [2.45, 2.75) is 57.5 Å². The molecular weight excluding hydrogens is 254 g/mol. The Balaban J connectivity index is 1.74. The Morgan fingerprint density at radius 1 is 1.30 bits per heavy atom. The molecule has 4 nitrogen and oxygen atoms in total. The van der Waals surface area contributed by atoms with Gasteiger partial charge < -0.3 is 9.52 Å². The van der Waals surface area contributed by atoms with E-state index in [1.807, 2.05) is 6.07 Å². The van der Waals surface area contributed by atoms with Crippen LogP contribution in [0.5, 0.6) is 0 Å². The van der Waals surface area contributed by atoms with E-state index in [1.54, 1.807) is 6.07 Å². The minimum atomic E-state index is -0.989. The summed E-state index contributed by atoms with van der Waals surface area (Å²) >= 11 is 0. The molecule has 110 valence electrons. The van der Waals surface area contributed by atoms with Gasteiger partial charge in [-0.2, -0.15) is 0 Å². The van der Waals surface area contributed by atoms with Crippen molar-refractivity contribution in [1.82, 2.24) is 4.90 Å². The number of furan rings is 1. The SMILES string of the molecule is CC(c1ccc(C(=O)O)o1)N1CCCC1C1CCCC1. The van der Waals surface area contributed by atoms with Gasteiger partial charge in [0.15, 0.2) is 0 Å². The molecule has 2 fully saturated rings. The molecule has 3 rings (SSSR count). The molecule has 1 N–H and O–H groups in total. The molecule has 2 atom stereocenters. The van der Waals surface area contributed by atoms with Crippen molar-refractivity contribution >= 4 is 5.97 Å². The number of carbonyl (C=O) groups is 1. The lowest BCUT2D eigenvalue weighted by atomic mass is 9.95. The van der Waals surface area contributed by atoms with Gasteiger partial charge in [0.1, 0.15) is 5.76 Å². The minimum absolute atomic E-state index is 0.0449. The first-order chi connectivity index (χ1) is 9.66. The number of aromatic carboxylic acids is 1. The van der Waals surface area contributed by atoms with Crippen molar-refractivity contribution in [2.75, 3.05) is 6.54 Å². The van der Waals surface area contributed by atoms with Crippen molar-refractivity contribution in [3.05, 3.63) is 23.7 Å². The van der Waals surface area contributed by atoms with E-state index < -0.39 is 5.97 Å². The van der Waals surface area contributed by atoms with E-state index in [9.17, 15) is 4.79 Å². The Morgan fingerprint density at radius 2 is 2.05 bits per heavy atom. The molecule has 1 aromatic rings. The normalized spacial score (nSPS) is 26.1. The maximum atomic E-state index is 10.9. The van der Waals surface area contributed by atoms with Gasteiger partial charge in [-0.05, 0) is 57.2 Å². The van der Waals surface area contributed by atoms with E-state index in [-0.39, 0.29) is 11.8 Å². The molecule has 2 heterocycles. The summed E-state index contributed by atoms with van der Waals surface area (Å²) in [5, 5.41) is 8.96. The summed E-state index contributed by atoms with van der Waals surface area (Å²) < 4.78 is 5.49. The van der Waals surface area contributed by atoms with E-state index in [0.717, 1.165) is 18.2 Å². The second-order valence-electron chi connectivity index (χ2n) is 6.18. The van der Waals surface area contributed by atoms with Crippen LogP contribution < -0.4 is 0 Å². The first-order valence-electron chi connectivity index (χ1n) is 7.75. The van der Waals surface area contributed by atoms with Crippen LogP contribution in [0.4, 0.5) is 0 Å². The zero-order valence-electron chi connectivity index (χ0n) is 12.0. The third-order valence-corrected chi connectivity index (χ3v) is 5.03. The predicted molar refractivity (Wildman–Crippen MR) is 75.8 cm³/mol. The van der Waals surface area contributed by atoms with Gasteiger partial charge in [0.25, 0.3) is 0 Å². The highest BCUT2D eigenvalue weighted by molar-refractivity contribution is 5.84. The van der Waals surface area contributed by atoms with Crippen molar-refractivity contribution in [2.24, 2.45) is 5.92 Å². The molecule has 1 aliphatic heterocycles. The highest BCUT2D eigenvalue weighted by atomic mass is 16.4. The molecule has 1 aromatic heterocycles. The maximum Gasteiger partial charge on any atom is 0.371 e. The van der Waals surface area contributed by atoms with Gasteiger partial charge in [-0.1, -0.05) is 12.8 Å². The second-order valence-corrected chi connectivity index (χ2v) is 6.18. The third-order valence-electron chi connectivity index (χ3n) is 5.03. The standard InChI is InChI=1S/C16H23NO3/c1-11(14-8-9-15(20-14)16(18)19)17-10-4-7-13(17)12-5-2-3-6-12/h8-9,11-13H,2-7,10H2,1H3,(H,18,19). The van der Waals surface area contributed by atoms with Gasteiger partial charge in [0.2, 0.25) is 5.76 Å². The fourth-order valence-corrected chi connectivity index (χ4v) is 4.00. The van der Waals surface area contributed by atoms with Gasteiger partial charge in [0.05, 0.1) is 6.04 Å². The molecule has 1 aliphatic carbocycles. The van der Waals surface area contributed by atoms with E-state index in [1.165, 1.54) is 38.5 Å². The summed E-state index contributed by atoms with van der Waals surface area (Å²) in [4.78, 5) is 13.5. The number of hydrogen-bond donors (Lipinski definition) is 1. The topological polar surface area (TPSA) is 53.7 Å². The fourth-order valence-electron chi connectivity index (χ4n) is 4.00. The predicted octanol–water partition coefficient (Wildman–Crippen LogP) is 3.69. The molecule has 2 aliphatic rings. The summed E-state index contributed by atoms with van der Waals surface area (Å²) in [6.45, 7) is 3.24. The highest BCUT2D eigenvalue weighted by Gasteiger charge is 2.36. The molecule has 4 heteroatoms. The lowest BCUT2D eigenvalue weighted by Gasteiger charge is -2.33. The number of carboxylic acids is 1. The van der Waals surface area contributed by atoms with Crippen molar-refractivity contribution in [3.8, 4) is 0 Å². The summed E-state index contributed by atoms with van der Waals surface area (Å²) in [6, 6.07) is 4.22. The lowest BCUT2D eigenvalue weighted by molar-refractivity contribution is 0.0652. The molecule has 0 amide bonds. The number of carboxylic acid groups (broad SMARTS) is 1. The Bertz CT molecular complexity index is 476. The molecule has 1 saturated heterocycles. The summed E-state index contributed by atoms with van der Waals surface area (Å²) in [6.07, 6.45) is 7.97. The van der Waals surface area contributed by atoms with Gasteiger partial charge in [-0.3, -0.25) is 4.90 Å². The Labute approximate surface area is 119 Å². The summed E-state index contributed by atoms with van der Waals surface area (Å²) in [5.41, 5.74) is 0. The van der Waals surface area contributed by atoms with Gasteiger partial charge in [-0.25, -0.2) is 4.79 Å². The lowest BCUT2D eigenvalue weighted by Crippen LogP contribution is -2.36. The average molecular weight is 277 g/mol. The van der Waals surface area contributed by atoms with Crippen molar-refractivity contribution < 1.29 is 14.3 Å². The van der Waals surface area contributed by atoms with E-state index in [4.69, 9.17) is 9.52 Å². The van der Waals surface area contributed by atoms with E-state index in [2.05, 4.69) is 11.8 Å². The summed E-state index contributed by atoms with van der Waals surface area (Å²) in [5.74, 6) is 0.668. The first kappa shape index (κ1) is 13.7. The Kier molecular flexibility index (Phi) is 3.83. The quantitative estimate of drug-likeness (QED) is 0.911. The van der Waals surface area contributed by atoms with E-state index in [0.29, 0.717) is 6.04 Å². The van der Waals surface area contributed by atoms with Crippen LogP contribution in [0.1, 0.15) is 67.8 Å². The Morgan fingerprint density at radius 3 is 2.70 bits per heavy atom. The van der Waals surface area contributed by atoms with Crippen molar-refractivity contribution in [1.29, 1.82) is 0 Å². The van der Waals surface area contributed by atoms with Gasteiger partial charge in [-0.15, -0.1) is 0 Å². The molecule has 0 aromatic carbocycles. The Hall–Kier alpha value is -1.29. The number of rotatable bonds is 4. The monoisotopic (exact) mass is 277 g/mol. The molecular formula is C16H23NO3. The zero-order chi connectivity index (χ0) is 14.1. The van der Waals surface area contributed by atoms with Crippen LogP contribution in [0.25, 0.3) is 0 Å². The van der Waals surface area contributed by atoms with Crippen LogP contribution in [-0.2, 0) is 0 Å². The van der Waals surface area contributed by atoms with Crippen LogP contribution in [0.3, 0.4) is 0 Å². The largest absolute Gasteiger partial charge is 0.475 e. The zero-order valence-corrected chi connectivity index (χ0v) is 12.0. The molecule has 0 radical (unpaired) electrons. The minimum Gasteiger partial charge on any atom is -0.475 e. The fraction of sp³-hybridized carbons (Fsp3) is 0.688. The van der Waals surface area contributed by atoms with Crippen molar-refractivity contribution in [3.63, 3.8) is 0 Å². The highest BCUT2D eigenvalue weighted by Crippen LogP contribution is 2.39. The molecule has 0 bridgehead atoms. The van der Waals surface area contributed by atoms with Crippen LogP contribution in [-0.4, -0.2) is 28.6 Å². The second kappa shape index (κ2) is 5.60. The number of likely N-dealkylation sites (tertiary alicyclic amines) is 1. The number of hydrogen-bond acceptors (Lipinski definition) is 3. The van der Waals surface area contributed by atoms with Gasteiger partial charge >= 0.3 is 5.97 Å². The van der Waals surface area contributed by atoms with Crippen LogP contribution in [0.15, 0.2) is 16.5 Å².